The molecular formula is C21H24ClF2N3OS. The van der Waals surface area contributed by atoms with Gasteiger partial charge < -0.3 is 4.90 Å². The van der Waals surface area contributed by atoms with Gasteiger partial charge in [-0.25, -0.2) is 13.8 Å². The predicted octanol–water partition coefficient (Wildman–Crippen LogP) is 5.21. The molecule has 0 radical (unpaired) electrons. The summed E-state index contributed by atoms with van der Waals surface area (Å²) in [5, 5.41) is 0.450. The van der Waals surface area contributed by atoms with Gasteiger partial charge in [-0.15, -0.1) is 12.4 Å². The van der Waals surface area contributed by atoms with Crippen LogP contribution in [0.5, 0.6) is 0 Å². The lowest BCUT2D eigenvalue weighted by Crippen LogP contribution is -2.34. The molecule has 1 amide bonds. The van der Waals surface area contributed by atoms with E-state index in [9.17, 15) is 13.6 Å². The minimum absolute atomic E-state index is 0. The van der Waals surface area contributed by atoms with Crippen LogP contribution < -0.4 is 4.90 Å². The van der Waals surface area contributed by atoms with E-state index < -0.39 is 23.1 Å². The highest BCUT2D eigenvalue weighted by Gasteiger charge is 2.26. The number of nitrogens with zero attached hydrogens (tertiary/aromatic N) is 3. The average molecular weight is 440 g/mol. The molecular weight excluding hydrogens is 416 g/mol. The summed E-state index contributed by atoms with van der Waals surface area (Å²) < 4.78 is 29.4. The number of aromatic nitrogens is 1. The van der Waals surface area contributed by atoms with E-state index in [-0.39, 0.29) is 12.4 Å². The normalized spacial score (nSPS) is 11.0. The summed E-state index contributed by atoms with van der Waals surface area (Å²) in [4.78, 5) is 21.0. The van der Waals surface area contributed by atoms with E-state index in [1.165, 1.54) is 22.3 Å². The van der Waals surface area contributed by atoms with Gasteiger partial charge in [0.15, 0.2) is 5.13 Å². The number of halogens is 3. The molecule has 4 nitrogen and oxygen atoms in total. The number of benzene rings is 2. The van der Waals surface area contributed by atoms with Crippen molar-refractivity contribution in [3.05, 3.63) is 58.7 Å². The van der Waals surface area contributed by atoms with E-state index >= 15 is 0 Å². The first-order valence-electron chi connectivity index (χ1n) is 9.06. The zero-order valence-corrected chi connectivity index (χ0v) is 18.5. The average Bonchev–Trinajstić information content (AvgIpc) is 3.00. The number of rotatable bonds is 6. The van der Waals surface area contributed by atoms with E-state index in [0.717, 1.165) is 40.0 Å². The molecule has 0 spiro atoms. The third-order valence-electron chi connectivity index (χ3n) is 4.63. The smallest absolute Gasteiger partial charge is 0.266 e. The molecule has 156 valence electrons. The molecule has 0 saturated carbocycles. The molecule has 3 rings (SSSR count). The van der Waals surface area contributed by atoms with Crippen LogP contribution in [0.3, 0.4) is 0 Å². The molecule has 0 aliphatic carbocycles. The van der Waals surface area contributed by atoms with Crippen LogP contribution in [-0.2, 0) is 0 Å². The van der Waals surface area contributed by atoms with Crippen molar-refractivity contribution in [3.63, 3.8) is 0 Å². The first-order valence-corrected chi connectivity index (χ1v) is 9.88. The van der Waals surface area contributed by atoms with E-state index in [4.69, 9.17) is 0 Å². The predicted molar refractivity (Wildman–Crippen MR) is 118 cm³/mol. The van der Waals surface area contributed by atoms with Crippen LogP contribution in [0.15, 0.2) is 30.3 Å². The van der Waals surface area contributed by atoms with Gasteiger partial charge in [0.25, 0.3) is 5.91 Å². The number of carbonyl (C=O) groups excluding carboxylic acids is 1. The summed E-state index contributed by atoms with van der Waals surface area (Å²) in [6.07, 6.45) is 0.656. The molecule has 29 heavy (non-hydrogen) atoms. The summed E-state index contributed by atoms with van der Waals surface area (Å²) >= 11 is 1.36. The molecule has 1 aromatic heterocycles. The van der Waals surface area contributed by atoms with Crippen molar-refractivity contribution in [1.29, 1.82) is 0 Å². The highest BCUT2D eigenvalue weighted by atomic mass is 35.5. The fourth-order valence-corrected chi connectivity index (χ4v) is 4.02. The number of anilines is 1. The molecule has 0 bridgehead atoms. The van der Waals surface area contributed by atoms with E-state index in [1.54, 1.807) is 0 Å². The van der Waals surface area contributed by atoms with Gasteiger partial charge in [-0.1, -0.05) is 17.4 Å². The molecule has 0 aliphatic heterocycles. The van der Waals surface area contributed by atoms with Crippen molar-refractivity contribution in [2.75, 3.05) is 32.1 Å². The van der Waals surface area contributed by atoms with Gasteiger partial charge in [0.05, 0.1) is 10.2 Å². The zero-order valence-electron chi connectivity index (χ0n) is 16.8. The van der Waals surface area contributed by atoms with Gasteiger partial charge in [0.1, 0.15) is 17.2 Å². The summed E-state index contributed by atoms with van der Waals surface area (Å²) in [6, 6.07) is 7.44. The largest absolute Gasteiger partial charge is 0.309 e. The molecule has 8 heteroatoms. The number of carbonyl (C=O) groups is 1. The number of hydrogen-bond donors (Lipinski definition) is 0. The lowest BCUT2D eigenvalue weighted by atomic mass is 10.1. The standard InChI is InChI=1S/C21H23F2N3OS.ClH/c1-13-11-17-18(12-14(13)2)28-21(24-17)26(10-6-9-25(3)4)20(27)19-15(22)7-5-8-16(19)23;/h5,7-8,11-12H,6,9-10H2,1-4H3;1H. The third kappa shape index (κ3) is 5.10. The Morgan fingerprint density at radius 1 is 1.07 bits per heavy atom. The van der Waals surface area contributed by atoms with E-state index in [1.807, 2.05) is 45.0 Å². The molecule has 1 heterocycles. The second-order valence-electron chi connectivity index (χ2n) is 7.11. The van der Waals surface area contributed by atoms with Gasteiger partial charge >= 0.3 is 0 Å². The Bertz CT molecular complexity index is 963. The van der Waals surface area contributed by atoms with Crippen molar-refractivity contribution < 1.29 is 13.6 Å². The maximum Gasteiger partial charge on any atom is 0.266 e. The Labute approximate surface area is 179 Å². The number of amides is 1. The Kier molecular flexibility index (Phi) is 7.68. The SMILES string of the molecule is Cc1cc2nc(N(CCCN(C)C)C(=O)c3c(F)cccc3F)sc2cc1C.Cl. The molecule has 2 aromatic carbocycles. The number of aryl methyl sites for hydroxylation is 2. The van der Waals surface area contributed by atoms with Crippen LogP contribution in [-0.4, -0.2) is 43.0 Å². The summed E-state index contributed by atoms with van der Waals surface area (Å²) in [6.45, 7) is 5.08. The van der Waals surface area contributed by atoms with Gasteiger partial charge in [-0.05, 0) is 76.3 Å². The highest BCUT2D eigenvalue weighted by molar-refractivity contribution is 7.22. The zero-order chi connectivity index (χ0) is 20.4. The lowest BCUT2D eigenvalue weighted by Gasteiger charge is -2.21. The second-order valence-corrected chi connectivity index (χ2v) is 8.12. The summed E-state index contributed by atoms with van der Waals surface area (Å²) in [7, 11) is 3.87. The molecule has 0 atom stereocenters. The van der Waals surface area contributed by atoms with Crippen molar-refractivity contribution in [2.24, 2.45) is 0 Å². The fraction of sp³-hybridized carbons (Fsp3) is 0.333. The monoisotopic (exact) mass is 439 g/mol. The van der Waals surface area contributed by atoms with E-state index in [0.29, 0.717) is 18.1 Å². The molecule has 0 unspecified atom stereocenters. The van der Waals surface area contributed by atoms with Crippen molar-refractivity contribution >= 4 is 45.0 Å². The molecule has 3 aromatic rings. The van der Waals surface area contributed by atoms with Crippen LogP contribution in [0.25, 0.3) is 10.2 Å². The van der Waals surface area contributed by atoms with Crippen LogP contribution in [0.1, 0.15) is 27.9 Å². The quantitative estimate of drug-likeness (QED) is 0.529. The van der Waals surface area contributed by atoms with Crippen LogP contribution in [0, 0.1) is 25.5 Å². The second kappa shape index (κ2) is 9.61. The summed E-state index contributed by atoms with van der Waals surface area (Å²) in [5.41, 5.74) is 2.48. The molecule has 0 fully saturated rings. The van der Waals surface area contributed by atoms with Crippen molar-refractivity contribution in [2.45, 2.75) is 20.3 Å². The minimum atomic E-state index is -0.865. The first-order chi connectivity index (χ1) is 13.3. The maximum absolute atomic E-state index is 14.2. The van der Waals surface area contributed by atoms with Gasteiger partial charge in [-0.2, -0.15) is 0 Å². The maximum atomic E-state index is 14.2. The lowest BCUT2D eigenvalue weighted by molar-refractivity contribution is 0.0978. The van der Waals surface area contributed by atoms with Gasteiger partial charge in [-0.3, -0.25) is 9.69 Å². The van der Waals surface area contributed by atoms with Gasteiger partial charge in [0.2, 0.25) is 0 Å². The third-order valence-corrected chi connectivity index (χ3v) is 5.67. The van der Waals surface area contributed by atoms with Crippen LogP contribution in [0.4, 0.5) is 13.9 Å². The Balaban J connectivity index is 0.00000300. The topological polar surface area (TPSA) is 36.4 Å². The highest BCUT2D eigenvalue weighted by Crippen LogP contribution is 2.32. The van der Waals surface area contributed by atoms with Crippen molar-refractivity contribution in [3.8, 4) is 0 Å². The van der Waals surface area contributed by atoms with Crippen LogP contribution in [0.2, 0.25) is 0 Å². The Morgan fingerprint density at radius 3 is 2.31 bits per heavy atom. The number of thiazole rings is 1. The Hall–Kier alpha value is -2.09. The minimum Gasteiger partial charge on any atom is -0.309 e. The molecule has 0 N–H and O–H groups in total. The number of hydrogen-bond acceptors (Lipinski definition) is 4. The molecule has 0 aliphatic rings. The van der Waals surface area contributed by atoms with E-state index in [2.05, 4.69) is 4.98 Å². The fourth-order valence-electron chi connectivity index (χ4n) is 2.95. The van der Waals surface area contributed by atoms with Crippen molar-refractivity contribution in [1.82, 2.24) is 9.88 Å². The van der Waals surface area contributed by atoms with Crippen LogP contribution >= 0.6 is 23.7 Å². The Morgan fingerprint density at radius 2 is 1.69 bits per heavy atom. The van der Waals surface area contributed by atoms with Gasteiger partial charge in [0, 0.05) is 6.54 Å². The number of fused-ring (bicyclic) bond motifs is 1. The molecule has 0 saturated heterocycles. The summed E-state index contributed by atoms with van der Waals surface area (Å²) in [5.74, 6) is -2.44. The first kappa shape index (κ1) is 23.2.